The van der Waals surface area contributed by atoms with E-state index in [4.69, 9.17) is 21.2 Å². The van der Waals surface area contributed by atoms with Gasteiger partial charge in [0.05, 0.1) is 18.9 Å². The third-order valence-electron chi connectivity index (χ3n) is 5.09. The number of ether oxygens (including phenoxy) is 1. The van der Waals surface area contributed by atoms with Crippen LogP contribution in [0.2, 0.25) is 5.02 Å². The minimum atomic E-state index is -0.424. The Labute approximate surface area is 183 Å². The number of rotatable bonds is 11. The summed E-state index contributed by atoms with van der Waals surface area (Å²) < 4.78 is 5.34. The lowest BCUT2D eigenvalue weighted by Gasteiger charge is -2.27. The van der Waals surface area contributed by atoms with Crippen LogP contribution in [-0.4, -0.2) is 48.1 Å². The van der Waals surface area contributed by atoms with Crippen LogP contribution in [0.4, 0.5) is 0 Å². The Balaban J connectivity index is 1.64. The predicted molar refractivity (Wildman–Crippen MR) is 121 cm³/mol. The van der Waals surface area contributed by atoms with Gasteiger partial charge in [-0.25, -0.2) is 0 Å². The Morgan fingerprint density at radius 1 is 1.33 bits per heavy atom. The zero-order valence-electron chi connectivity index (χ0n) is 17.3. The minimum absolute atomic E-state index is 0.0621. The second-order valence-corrected chi connectivity index (χ2v) is 7.98. The molecular formula is C24H29ClN2O3. The molecule has 2 atom stereocenters. The summed E-state index contributed by atoms with van der Waals surface area (Å²) in [6, 6.07) is 15.6. The van der Waals surface area contributed by atoms with Gasteiger partial charge in [-0.05, 0) is 48.2 Å². The Hall–Kier alpha value is -2.34. The largest absolute Gasteiger partial charge is 0.497 e. The molecule has 0 amide bonds. The zero-order valence-corrected chi connectivity index (χ0v) is 18.1. The quantitative estimate of drug-likeness (QED) is 0.528. The normalized spacial score (nSPS) is 16.8. The second-order valence-electron chi connectivity index (χ2n) is 7.54. The number of nitrogens with zero attached hydrogens (tertiary/aromatic N) is 2. The van der Waals surface area contributed by atoms with Gasteiger partial charge < -0.3 is 14.7 Å². The monoisotopic (exact) mass is 428 g/mol. The molecule has 0 aliphatic carbocycles. The van der Waals surface area contributed by atoms with Crippen LogP contribution in [0, 0.1) is 0 Å². The summed E-state index contributed by atoms with van der Waals surface area (Å²) in [6.45, 7) is 5.66. The van der Waals surface area contributed by atoms with E-state index < -0.39 is 6.10 Å². The van der Waals surface area contributed by atoms with Crippen molar-refractivity contribution in [1.29, 1.82) is 0 Å². The molecule has 0 unspecified atom stereocenters. The SMILES string of the molecule is C=CCC[C@@H](O)CN(Cc1cccc(OC)c1)C[C@H]1CC(c2ccc(Cl)cc2)=NO1. The lowest BCUT2D eigenvalue weighted by molar-refractivity contribution is 0.0308. The average molecular weight is 429 g/mol. The molecule has 0 spiro atoms. The van der Waals surface area contributed by atoms with Gasteiger partial charge in [-0.2, -0.15) is 0 Å². The maximum atomic E-state index is 10.5. The standard InChI is InChI=1S/C24H29ClN2O3/c1-3-4-7-21(28)16-27(15-18-6-5-8-22(13-18)29-2)17-23-14-24(26-30-23)19-9-11-20(25)12-10-19/h3,5-6,8-13,21,23,28H,1,4,7,14-17H2,2H3/t21-,23-/m1/s1. The van der Waals surface area contributed by atoms with Crippen molar-refractivity contribution < 1.29 is 14.7 Å². The van der Waals surface area contributed by atoms with Crippen LogP contribution in [-0.2, 0) is 11.4 Å². The maximum Gasteiger partial charge on any atom is 0.145 e. The molecule has 160 valence electrons. The van der Waals surface area contributed by atoms with Crippen LogP contribution in [0.1, 0.15) is 30.4 Å². The summed E-state index contributed by atoms with van der Waals surface area (Å²) in [4.78, 5) is 7.93. The van der Waals surface area contributed by atoms with Crippen LogP contribution in [0.5, 0.6) is 5.75 Å². The highest BCUT2D eigenvalue weighted by Gasteiger charge is 2.25. The second kappa shape index (κ2) is 11.2. The summed E-state index contributed by atoms with van der Waals surface area (Å²) >= 11 is 5.98. The third-order valence-corrected chi connectivity index (χ3v) is 5.34. The molecule has 0 radical (unpaired) electrons. The summed E-state index contributed by atoms with van der Waals surface area (Å²) in [5.74, 6) is 0.824. The number of halogens is 1. The molecule has 2 aromatic carbocycles. The van der Waals surface area contributed by atoms with Gasteiger partial charge in [0.25, 0.3) is 0 Å². The molecule has 0 saturated carbocycles. The van der Waals surface area contributed by atoms with Gasteiger partial charge >= 0.3 is 0 Å². The molecule has 30 heavy (non-hydrogen) atoms. The number of methoxy groups -OCH3 is 1. The topological polar surface area (TPSA) is 54.3 Å². The zero-order chi connectivity index (χ0) is 21.3. The predicted octanol–water partition coefficient (Wildman–Crippen LogP) is 4.67. The Kier molecular flexibility index (Phi) is 8.31. The highest BCUT2D eigenvalue weighted by molar-refractivity contribution is 6.30. The summed E-state index contributed by atoms with van der Waals surface area (Å²) in [7, 11) is 1.66. The maximum absolute atomic E-state index is 10.5. The van der Waals surface area contributed by atoms with Crippen molar-refractivity contribution in [2.24, 2.45) is 5.16 Å². The number of oxime groups is 1. The van der Waals surface area contributed by atoms with Crippen LogP contribution in [0.25, 0.3) is 0 Å². The first kappa shape index (κ1) is 22.3. The number of benzene rings is 2. The van der Waals surface area contributed by atoms with Crippen molar-refractivity contribution in [2.45, 2.75) is 38.0 Å². The fraction of sp³-hybridized carbons (Fsp3) is 0.375. The molecule has 2 aromatic rings. The van der Waals surface area contributed by atoms with Crippen molar-refractivity contribution in [3.05, 3.63) is 77.3 Å². The molecule has 0 saturated heterocycles. The average Bonchev–Trinajstić information content (AvgIpc) is 3.21. The number of hydrogen-bond donors (Lipinski definition) is 1. The summed E-state index contributed by atoms with van der Waals surface area (Å²) in [6.07, 6.45) is 3.55. The highest BCUT2D eigenvalue weighted by Crippen LogP contribution is 2.21. The molecule has 3 rings (SSSR count). The van der Waals surface area contributed by atoms with Gasteiger partial charge in [0.15, 0.2) is 0 Å². The number of allylic oxidation sites excluding steroid dienone is 1. The van der Waals surface area contributed by atoms with Gasteiger partial charge in [0.1, 0.15) is 11.9 Å². The third kappa shape index (κ3) is 6.59. The Morgan fingerprint density at radius 3 is 2.87 bits per heavy atom. The van der Waals surface area contributed by atoms with E-state index in [0.717, 1.165) is 35.4 Å². The first-order valence-electron chi connectivity index (χ1n) is 10.2. The lowest BCUT2D eigenvalue weighted by Crippen LogP contribution is -2.37. The van der Waals surface area contributed by atoms with Crippen LogP contribution in [0.3, 0.4) is 0 Å². The van der Waals surface area contributed by atoms with E-state index in [1.54, 1.807) is 7.11 Å². The fourth-order valence-electron chi connectivity index (χ4n) is 3.56. The number of hydrogen-bond acceptors (Lipinski definition) is 5. The molecule has 1 aliphatic heterocycles. The van der Waals surface area contributed by atoms with E-state index in [9.17, 15) is 5.11 Å². The number of aliphatic hydroxyl groups excluding tert-OH is 1. The molecule has 0 bridgehead atoms. The van der Waals surface area contributed by atoms with Crippen molar-refractivity contribution in [2.75, 3.05) is 20.2 Å². The summed E-state index contributed by atoms with van der Waals surface area (Å²) in [5, 5.41) is 15.4. The molecule has 1 N–H and O–H groups in total. The molecule has 6 heteroatoms. The van der Waals surface area contributed by atoms with Gasteiger partial charge in [-0.15, -0.1) is 6.58 Å². The molecule has 1 aliphatic rings. The molecular weight excluding hydrogens is 400 g/mol. The van der Waals surface area contributed by atoms with Crippen molar-refractivity contribution in [1.82, 2.24) is 4.90 Å². The first-order valence-corrected chi connectivity index (χ1v) is 10.6. The van der Waals surface area contributed by atoms with E-state index in [1.165, 1.54) is 0 Å². The van der Waals surface area contributed by atoms with Crippen molar-refractivity contribution in [3.63, 3.8) is 0 Å². The van der Waals surface area contributed by atoms with E-state index in [2.05, 4.69) is 22.7 Å². The van der Waals surface area contributed by atoms with Crippen molar-refractivity contribution in [3.8, 4) is 5.75 Å². The minimum Gasteiger partial charge on any atom is -0.497 e. The van der Waals surface area contributed by atoms with Crippen molar-refractivity contribution >= 4 is 17.3 Å². The smallest absolute Gasteiger partial charge is 0.145 e. The molecule has 1 heterocycles. The van der Waals surface area contributed by atoms with E-state index in [1.807, 2.05) is 48.5 Å². The molecule has 0 fully saturated rings. The molecule has 5 nitrogen and oxygen atoms in total. The first-order chi connectivity index (χ1) is 14.6. The van der Waals surface area contributed by atoms with Crippen LogP contribution >= 0.6 is 11.6 Å². The van der Waals surface area contributed by atoms with E-state index >= 15 is 0 Å². The lowest BCUT2D eigenvalue weighted by atomic mass is 10.0. The fourth-order valence-corrected chi connectivity index (χ4v) is 3.69. The van der Waals surface area contributed by atoms with Crippen LogP contribution < -0.4 is 4.74 Å². The molecule has 0 aromatic heterocycles. The van der Waals surface area contributed by atoms with E-state index in [0.29, 0.717) is 31.1 Å². The highest BCUT2D eigenvalue weighted by atomic mass is 35.5. The summed E-state index contributed by atoms with van der Waals surface area (Å²) in [5.41, 5.74) is 3.07. The van der Waals surface area contributed by atoms with E-state index in [-0.39, 0.29) is 6.10 Å². The van der Waals surface area contributed by atoms with Gasteiger partial charge in [-0.3, -0.25) is 4.90 Å². The van der Waals surface area contributed by atoms with Gasteiger partial charge in [-0.1, -0.05) is 47.1 Å². The Bertz CT molecular complexity index is 854. The van der Waals surface area contributed by atoms with Gasteiger partial charge in [0, 0.05) is 31.1 Å². The van der Waals surface area contributed by atoms with Gasteiger partial charge in [0.2, 0.25) is 0 Å². The Morgan fingerprint density at radius 2 is 2.13 bits per heavy atom. The number of aliphatic hydroxyl groups is 1. The van der Waals surface area contributed by atoms with Crippen LogP contribution in [0.15, 0.2) is 66.3 Å².